The van der Waals surface area contributed by atoms with E-state index in [0.29, 0.717) is 5.82 Å². The molecule has 14 heavy (non-hydrogen) atoms. The van der Waals surface area contributed by atoms with Gasteiger partial charge >= 0.3 is 0 Å². The molecule has 0 aromatic carbocycles. The van der Waals surface area contributed by atoms with Crippen LogP contribution < -0.4 is 5.73 Å². The van der Waals surface area contributed by atoms with Crippen LogP contribution in [0.1, 0.15) is 0 Å². The van der Waals surface area contributed by atoms with E-state index in [9.17, 15) is 0 Å². The van der Waals surface area contributed by atoms with Gasteiger partial charge in [0.2, 0.25) is 0 Å². The van der Waals surface area contributed by atoms with Crippen LogP contribution in [0.5, 0.6) is 0 Å². The van der Waals surface area contributed by atoms with Crippen molar-refractivity contribution in [2.75, 3.05) is 5.73 Å². The van der Waals surface area contributed by atoms with Gasteiger partial charge < -0.3 is 5.73 Å². The summed E-state index contributed by atoms with van der Waals surface area (Å²) in [6.07, 6.45) is 0. The van der Waals surface area contributed by atoms with Crippen LogP contribution in [0.15, 0.2) is 20.4 Å². The van der Waals surface area contributed by atoms with Gasteiger partial charge in [-0.15, -0.1) is 11.3 Å². The lowest BCUT2D eigenvalue weighted by Crippen LogP contribution is -1.96. The molecule has 6 heteroatoms. The van der Waals surface area contributed by atoms with Crippen LogP contribution >= 0.6 is 43.2 Å². The number of nitrogens with zero attached hydrogens (tertiary/aromatic N) is 2. The molecule has 0 aliphatic rings. The summed E-state index contributed by atoms with van der Waals surface area (Å²) >= 11 is 8.47. The Kier molecular flexibility index (Phi) is 2.68. The van der Waals surface area contributed by atoms with Gasteiger partial charge in [0.15, 0.2) is 0 Å². The summed E-state index contributed by atoms with van der Waals surface area (Å²) < 4.78 is 3.58. The SMILES string of the molecule is Cn1nc(-c2cc(Br)cs2)c(Br)c1N. The lowest BCUT2D eigenvalue weighted by molar-refractivity contribution is 0.782. The molecular formula is C8H7Br2N3S. The fraction of sp³-hybridized carbons (Fsp3) is 0.125. The largest absolute Gasteiger partial charge is 0.383 e. The summed E-state index contributed by atoms with van der Waals surface area (Å²) in [7, 11) is 1.83. The predicted octanol–water partition coefficient (Wildman–Crippen LogP) is 3.26. The number of thiophene rings is 1. The molecule has 2 heterocycles. The van der Waals surface area contributed by atoms with Crippen LogP contribution in [0.4, 0.5) is 5.82 Å². The molecule has 3 nitrogen and oxygen atoms in total. The molecule has 2 rings (SSSR count). The minimum atomic E-state index is 0.643. The smallest absolute Gasteiger partial charge is 0.136 e. The van der Waals surface area contributed by atoms with Gasteiger partial charge in [0.1, 0.15) is 11.5 Å². The number of nitrogen functional groups attached to an aromatic ring is 1. The van der Waals surface area contributed by atoms with E-state index in [-0.39, 0.29) is 0 Å². The molecule has 2 N–H and O–H groups in total. The van der Waals surface area contributed by atoms with Crippen molar-refractivity contribution in [1.82, 2.24) is 9.78 Å². The predicted molar refractivity (Wildman–Crippen MR) is 66.3 cm³/mol. The zero-order chi connectivity index (χ0) is 10.3. The minimum absolute atomic E-state index is 0.643. The van der Waals surface area contributed by atoms with Gasteiger partial charge in [-0.2, -0.15) is 5.10 Å². The highest BCUT2D eigenvalue weighted by Gasteiger charge is 2.14. The van der Waals surface area contributed by atoms with Crippen molar-refractivity contribution in [3.8, 4) is 10.6 Å². The number of aryl methyl sites for hydroxylation is 1. The van der Waals surface area contributed by atoms with Gasteiger partial charge in [0, 0.05) is 16.9 Å². The van der Waals surface area contributed by atoms with Gasteiger partial charge in [-0.25, -0.2) is 0 Å². The third kappa shape index (κ3) is 1.62. The summed E-state index contributed by atoms with van der Waals surface area (Å²) in [6, 6.07) is 2.02. The van der Waals surface area contributed by atoms with Crippen LogP contribution in [0.2, 0.25) is 0 Å². The third-order valence-electron chi connectivity index (χ3n) is 1.83. The molecule has 0 aliphatic heterocycles. The molecule has 0 fully saturated rings. The second-order valence-electron chi connectivity index (χ2n) is 2.80. The lowest BCUT2D eigenvalue weighted by atomic mass is 10.3. The Balaban J connectivity index is 2.57. The highest BCUT2D eigenvalue weighted by atomic mass is 79.9. The van der Waals surface area contributed by atoms with E-state index >= 15 is 0 Å². The standard InChI is InChI=1S/C8H7Br2N3S/c1-13-8(11)6(10)7(12-13)5-2-4(9)3-14-5/h2-3H,11H2,1H3. The quantitative estimate of drug-likeness (QED) is 0.868. The van der Waals surface area contributed by atoms with Gasteiger partial charge in [0.25, 0.3) is 0 Å². The summed E-state index contributed by atoms with van der Waals surface area (Å²) in [5.41, 5.74) is 6.68. The van der Waals surface area contributed by atoms with Gasteiger partial charge in [-0.1, -0.05) is 0 Å². The molecule has 0 atom stereocenters. The molecule has 0 spiro atoms. The number of hydrogen-bond acceptors (Lipinski definition) is 3. The molecule has 0 saturated carbocycles. The van der Waals surface area contributed by atoms with Crippen molar-refractivity contribution in [3.63, 3.8) is 0 Å². The second-order valence-corrected chi connectivity index (χ2v) is 5.42. The van der Waals surface area contributed by atoms with Crippen molar-refractivity contribution >= 4 is 49.0 Å². The molecule has 0 unspecified atom stereocenters. The lowest BCUT2D eigenvalue weighted by Gasteiger charge is -1.90. The molecule has 0 saturated heterocycles. The maximum absolute atomic E-state index is 5.79. The maximum atomic E-state index is 5.79. The number of rotatable bonds is 1. The van der Waals surface area contributed by atoms with Crippen LogP contribution in [-0.4, -0.2) is 9.78 Å². The molecule has 0 aliphatic carbocycles. The molecule has 0 amide bonds. The number of anilines is 1. The fourth-order valence-electron chi connectivity index (χ4n) is 1.11. The first-order valence-electron chi connectivity index (χ1n) is 3.82. The summed E-state index contributed by atoms with van der Waals surface area (Å²) in [6.45, 7) is 0. The number of nitrogens with two attached hydrogens (primary N) is 1. The Morgan fingerprint density at radius 2 is 2.21 bits per heavy atom. The normalized spacial score (nSPS) is 10.8. The number of hydrogen-bond donors (Lipinski definition) is 1. The Bertz CT molecular complexity index is 475. The molecule has 2 aromatic rings. The Hall–Kier alpha value is -0.330. The highest BCUT2D eigenvalue weighted by molar-refractivity contribution is 9.11. The highest BCUT2D eigenvalue weighted by Crippen LogP contribution is 2.36. The maximum Gasteiger partial charge on any atom is 0.136 e. The summed E-state index contributed by atoms with van der Waals surface area (Å²) in [5.74, 6) is 0.643. The molecular weight excluding hydrogens is 330 g/mol. The Labute approximate surface area is 102 Å². The van der Waals surface area contributed by atoms with Crippen molar-refractivity contribution < 1.29 is 0 Å². The first-order valence-corrected chi connectivity index (χ1v) is 6.28. The van der Waals surface area contributed by atoms with Crippen LogP contribution in [0.3, 0.4) is 0 Å². The molecule has 74 valence electrons. The fourth-order valence-corrected chi connectivity index (χ4v) is 3.20. The first kappa shape index (κ1) is 10.2. The monoisotopic (exact) mass is 335 g/mol. The van der Waals surface area contributed by atoms with Gasteiger partial charge in [0.05, 0.1) is 9.35 Å². The zero-order valence-corrected chi connectivity index (χ0v) is 11.3. The molecule has 2 aromatic heterocycles. The number of aromatic nitrogens is 2. The van der Waals surface area contributed by atoms with E-state index in [2.05, 4.69) is 37.0 Å². The van der Waals surface area contributed by atoms with Crippen molar-refractivity contribution in [2.24, 2.45) is 7.05 Å². The second kappa shape index (κ2) is 3.67. The summed E-state index contributed by atoms with van der Waals surface area (Å²) in [4.78, 5) is 1.09. The first-order chi connectivity index (χ1) is 6.59. The van der Waals surface area contributed by atoms with E-state index in [1.54, 1.807) is 16.0 Å². The van der Waals surface area contributed by atoms with Crippen molar-refractivity contribution in [2.45, 2.75) is 0 Å². The van der Waals surface area contributed by atoms with E-state index in [4.69, 9.17) is 5.73 Å². The zero-order valence-electron chi connectivity index (χ0n) is 7.29. The summed E-state index contributed by atoms with van der Waals surface area (Å²) in [5, 5.41) is 6.35. The Morgan fingerprint density at radius 3 is 2.64 bits per heavy atom. The topological polar surface area (TPSA) is 43.8 Å². The van der Waals surface area contributed by atoms with Crippen LogP contribution in [0.25, 0.3) is 10.6 Å². The van der Waals surface area contributed by atoms with E-state index in [1.165, 1.54) is 0 Å². The van der Waals surface area contributed by atoms with Gasteiger partial charge in [-0.05, 0) is 37.9 Å². The molecule has 0 bridgehead atoms. The average molecular weight is 337 g/mol. The molecule has 0 radical (unpaired) electrons. The van der Waals surface area contributed by atoms with E-state index in [0.717, 1.165) is 19.5 Å². The van der Waals surface area contributed by atoms with E-state index in [1.807, 2.05) is 18.5 Å². The van der Waals surface area contributed by atoms with E-state index < -0.39 is 0 Å². The van der Waals surface area contributed by atoms with Crippen LogP contribution in [0, 0.1) is 0 Å². The minimum Gasteiger partial charge on any atom is -0.383 e. The third-order valence-corrected chi connectivity index (χ3v) is 4.31. The van der Waals surface area contributed by atoms with Crippen LogP contribution in [-0.2, 0) is 7.05 Å². The average Bonchev–Trinajstić information content (AvgIpc) is 2.66. The number of halogens is 2. The Morgan fingerprint density at radius 1 is 1.50 bits per heavy atom. The van der Waals surface area contributed by atoms with Gasteiger partial charge in [-0.3, -0.25) is 4.68 Å². The van der Waals surface area contributed by atoms with Crippen molar-refractivity contribution in [3.05, 3.63) is 20.4 Å². The van der Waals surface area contributed by atoms with Crippen molar-refractivity contribution in [1.29, 1.82) is 0 Å².